The predicted octanol–water partition coefficient (Wildman–Crippen LogP) is 4.60. The average molecular weight is 370 g/mol. The molecule has 0 N–H and O–H groups in total. The summed E-state index contributed by atoms with van der Waals surface area (Å²) in [5.74, 6) is 0.420. The van der Waals surface area contributed by atoms with E-state index in [2.05, 4.69) is 11.1 Å². The zero-order valence-corrected chi connectivity index (χ0v) is 15.4. The molecule has 1 heterocycles. The molecule has 0 amide bonds. The second-order valence-electron chi connectivity index (χ2n) is 5.78. The second-order valence-corrected chi connectivity index (χ2v) is 7.17. The van der Waals surface area contributed by atoms with Crippen molar-refractivity contribution in [1.82, 2.24) is 9.55 Å². The van der Waals surface area contributed by atoms with Gasteiger partial charge >= 0.3 is 0 Å². The van der Waals surface area contributed by atoms with Gasteiger partial charge in [-0.15, -0.1) is 0 Å². The number of hydrogen-bond acceptors (Lipinski definition) is 4. The van der Waals surface area contributed by atoms with Crippen LogP contribution in [0.5, 0.6) is 0 Å². The molecule has 6 heteroatoms. The summed E-state index contributed by atoms with van der Waals surface area (Å²) in [5.41, 5.74) is 2.04. The van der Waals surface area contributed by atoms with E-state index in [0.29, 0.717) is 32.5 Å². The molecule has 1 aromatic heterocycles. The first kappa shape index (κ1) is 17.5. The van der Waals surface area contributed by atoms with E-state index in [4.69, 9.17) is 16.9 Å². The van der Waals surface area contributed by atoms with Gasteiger partial charge in [-0.3, -0.25) is 9.36 Å². The van der Waals surface area contributed by atoms with Gasteiger partial charge in [0.25, 0.3) is 5.56 Å². The van der Waals surface area contributed by atoms with Crippen molar-refractivity contribution in [2.75, 3.05) is 5.75 Å². The van der Waals surface area contributed by atoms with Crippen LogP contribution in [0.25, 0.3) is 16.6 Å². The summed E-state index contributed by atoms with van der Waals surface area (Å²) in [6.45, 7) is 3.73. The van der Waals surface area contributed by atoms with Crippen molar-refractivity contribution in [3.63, 3.8) is 0 Å². The maximum atomic E-state index is 13.1. The molecule has 0 fully saturated rings. The van der Waals surface area contributed by atoms with Crippen LogP contribution < -0.4 is 5.56 Å². The van der Waals surface area contributed by atoms with Crippen LogP contribution >= 0.6 is 23.4 Å². The molecular weight excluding hydrogens is 354 g/mol. The molecule has 0 spiro atoms. The Labute approximate surface area is 155 Å². The van der Waals surface area contributed by atoms with Crippen molar-refractivity contribution in [2.45, 2.75) is 19.0 Å². The second kappa shape index (κ2) is 7.30. The number of rotatable bonds is 4. The van der Waals surface area contributed by atoms with Gasteiger partial charge in [0, 0.05) is 10.8 Å². The normalized spacial score (nSPS) is 12.1. The van der Waals surface area contributed by atoms with E-state index in [1.54, 1.807) is 16.7 Å². The quantitative estimate of drug-likeness (QED) is 0.498. The van der Waals surface area contributed by atoms with Gasteiger partial charge in [-0.1, -0.05) is 41.6 Å². The molecule has 1 atom stereocenters. The molecule has 0 aliphatic heterocycles. The van der Waals surface area contributed by atoms with Crippen LogP contribution in [0.4, 0.5) is 0 Å². The number of thioether (sulfide) groups is 1. The fourth-order valence-corrected chi connectivity index (χ4v) is 3.61. The Morgan fingerprint density at radius 3 is 2.80 bits per heavy atom. The number of benzene rings is 2. The lowest BCUT2D eigenvalue weighted by molar-refractivity contribution is 0.803. The fourth-order valence-electron chi connectivity index (χ4n) is 2.50. The minimum atomic E-state index is -0.137. The number of aromatic nitrogens is 2. The maximum Gasteiger partial charge on any atom is 0.266 e. The molecule has 3 aromatic rings. The van der Waals surface area contributed by atoms with Crippen molar-refractivity contribution < 1.29 is 0 Å². The summed E-state index contributed by atoms with van der Waals surface area (Å²) in [4.78, 5) is 17.8. The van der Waals surface area contributed by atoms with Crippen molar-refractivity contribution in [3.05, 3.63) is 63.4 Å². The summed E-state index contributed by atoms with van der Waals surface area (Å²) in [6, 6.07) is 15.0. The zero-order chi connectivity index (χ0) is 18.0. The Bertz CT molecular complexity index is 1040. The highest BCUT2D eigenvalue weighted by Gasteiger charge is 2.16. The summed E-state index contributed by atoms with van der Waals surface area (Å²) in [7, 11) is 0. The van der Waals surface area contributed by atoms with Crippen molar-refractivity contribution >= 4 is 34.3 Å². The first-order valence-corrected chi connectivity index (χ1v) is 9.19. The monoisotopic (exact) mass is 369 g/mol. The number of nitrogens with zero attached hydrogens (tertiary/aromatic N) is 3. The zero-order valence-electron chi connectivity index (χ0n) is 13.9. The molecule has 4 nitrogen and oxygen atoms in total. The third-order valence-corrected chi connectivity index (χ3v) is 5.52. The van der Waals surface area contributed by atoms with E-state index in [1.165, 1.54) is 11.8 Å². The molecule has 0 aliphatic carbocycles. The molecule has 0 unspecified atom stereocenters. The van der Waals surface area contributed by atoms with Crippen LogP contribution in [-0.2, 0) is 0 Å². The average Bonchev–Trinajstić information content (AvgIpc) is 2.62. The molecule has 25 heavy (non-hydrogen) atoms. The van der Waals surface area contributed by atoms with E-state index < -0.39 is 0 Å². The Kier molecular flexibility index (Phi) is 5.12. The maximum absolute atomic E-state index is 13.1. The van der Waals surface area contributed by atoms with Crippen LogP contribution in [0.1, 0.15) is 12.5 Å². The lowest BCUT2D eigenvalue weighted by Crippen LogP contribution is -2.22. The number of para-hydroxylation sites is 1. The van der Waals surface area contributed by atoms with Crippen LogP contribution in [0.3, 0.4) is 0 Å². The van der Waals surface area contributed by atoms with Crippen molar-refractivity contribution in [2.24, 2.45) is 5.92 Å². The van der Waals surface area contributed by atoms with Gasteiger partial charge < -0.3 is 0 Å². The Morgan fingerprint density at radius 1 is 1.28 bits per heavy atom. The van der Waals surface area contributed by atoms with Crippen molar-refractivity contribution in [1.29, 1.82) is 5.26 Å². The number of fused-ring (bicyclic) bond motifs is 1. The number of nitriles is 1. The summed E-state index contributed by atoms with van der Waals surface area (Å²) < 4.78 is 1.60. The highest BCUT2D eigenvalue weighted by Crippen LogP contribution is 2.27. The smallest absolute Gasteiger partial charge is 0.266 e. The third-order valence-electron chi connectivity index (χ3n) is 3.91. The molecule has 0 bridgehead atoms. The molecule has 0 aliphatic rings. The van der Waals surface area contributed by atoms with E-state index in [9.17, 15) is 4.79 Å². The molecular formula is C19H16ClN3OS. The minimum absolute atomic E-state index is 0.136. The predicted molar refractivity (Wildman–Crippen MR) is 103 cm³/mol. The van der Waals surface area contributed by atoms with Gasteiger partial charge in [0.2, 0.25) is 0 Å². The van der Waals surface area contributed by atoms with E-state index in [1.807, 2.05) is 44.2 Å². The standard InChI is InChI=1S/C19H16ClN3OS/c1-12(10-21)11-25-19-22-16-8-4-3-6-14(16)18(24)23(19)17-9-5-7-15(20)13(17)2/h3-9,12H,11H2,1-2H3/t12-/m1/s1. The highest BCUT2D eigenvalue weighted by atomic mass is 35.5. The first-order chi connectivity index (χ1) is 12.0. The number of halogens is 1. The van der Waals surface area contributed by atoms with E-state index >= 15 is 0 Å². The summed E-state index contributed by atoms with van der Waals surface area (Å²) >= 11 is 7.66. The first-order valence-electron chi connectivity index (χ1n) is 7.82. The van der Waals surface area contributed by atoms with Crippen LogP contribution in [-0.4, -0.2) is 15.3 Å². The Hall–Kier alpha value is -2.29. The Balaban J connectivity index is 2.27. The lowest BCUT2D eigenvalue weighted by Gasteiger charge is -2.16. The van der Waals surface area contributed by atoms with Gasteiger partial charge in [0.15, 0.2) is 5.16 Å². The number of hydrogen-bond donors (Lipinski definition) is 0. The highest BCUT2D eigenvalue weighted by molar-refractivity contribution is 7.99. The van der Waals surface area contributed by atoms with Gasteiger partial charge in [-0.05, 0) is 43.7 Å². The van der Waals surface area contributed by atoms with Gasteiger partial charge in [0.05, 0.1) is 28.6 Å². The molecule has 0 saturated carbocycles. The SMILES string of the molecule is Cc1c(Cl)cccc1-n1c(SC[C@H](C)C#N)nc2ccccc2c1=O. The molecule has 2 aromatic carbocycles. The summed E-state index contributed by atoms with van der Waals surface area (Å²) in [6.07, 6.45) is 0. The molecule has 3 rings (SSSR count). The van der Waals surface area contributed by atoms with Crippen molar-refractivity contribution in [3.8, 4) is 11.8 Å². The topological polar surface area (TPSA) is 58.7 Å². The minimum Gasteiger partial charge on any atom is -0.268 e. The van der Waals surface area contributed by atoms with E-state index in [0.717, 1.165) is 5.56 Å². The van der Waals surface area contributed by atoms with Crippen LogP contribution in [0, 0.1) is 24.2 Å². The summed E-state index contributed by atoms with van der Waals surface area (Å²) in [5, 5.41) is 10.8. The van der Waals surface area contributed by atoms with E-state index in [-0.39, 0.29) is 11.5 Å². The van der Waals surface area contributed by atoms with Crippen LogP contribution in [0.2, 0.25) is 5.02 Å². The third kappa shape index (κ3) is 3.41. The van der Waals surface area contributed by atoms with Gasteiger partial charge in [0.1, 0.15) is 0 Å². The molecule has 0 saturated heterocycles. The van der Waals surface area contributed by atoms with Gasteiger partial charge in [-0.2, -0.15) is 5.26 Å². The largest absolute Gasteiger partial charge is 0.268 e. The molecule has 0 radical (unpaired) electrons. The van der Waals surface area contributed by atoms with Gasteiger partial charge in [-0.25, -0.2) is 4.98 Å². The van der Waals surface area contributed by atoms with Crippen LogP contribution in [0.15, 0.2) is 52.4 Å². The lowest BCUT2D eigenvalue weighted by atomic mass is 10.2. The Morgan fingerprint density at radius 2 is 2.04 bits per heavy atom. The molecule has 126 valence electrons. The fraction of sp³-hybridized carbons (Fsp3) is 0.211.